The molecule has 0 atom stereocenters. The second kappa shape index (κ2) is 3.91. The molecule has 0 bridgehead atoms. The molecule has 0 fully saturated rings. The fraction of sp³-hybridized carbons (Fsp3) is 0. The van der Waals surface area contributed by atoms with E-state index in [2.05, 4.69) is 17.1 Å². The van der Waals surface area contributed by atoms with E-state index in [1.54, 1.807) is 0 Å². The van der Waals surface area contributed by atoms with E-state index in [4.69, 9.17) is 5.73 Å². The first kappa shape index (κ1) is 9.85. The van der Waals surface area contributed by atoms with Gasteiger partial charge in [-0.1, -0.05) is 36.4 Å². The lowest BCUT2D eigenvalue weighted by atomic mass is 9.98. The number of pyridine rings is 1. The van der Waals surface area contributed by atoms with E-state index in [1.807, 2.05) is 48.8 Å². The SMILES string of the molecule is Nc1ccccc1-c1cccc2cnccc12. The highest BCUT2D eigenvalue weighted by atomic mass is 14.6. The maximum Gasteiger partial charge on any atom is 0.0393 e. The number of anilines is 1. The summed E-state index contributed by atoms with van der Waals surface area (Å²) in [5, 5.41) is 2.31. The zero-order valence-corrected chi connectivity index (χ0v) is 9.30. The number of hydrogen-bond donors (Lipinski definition) is 1. The fourth-order valence-electron chi connectivity index (χ4n) is 2.10. The van der Waals surface area contributed by atoms with Crippen LogP contribution in [0.3, 0.4) is 0 Å². The first-order valence-corrected chi connectivity index (χ1v) is 5.54. The van der Waals surface area contributed by atoms with Crippen molar-refractivity contribution in [2.45, 2.75) is 0 Å². The summed E-state index contributed by atoms with van der Waals surface area (Å²) >= 11 is 0. The molecule has 3 aromatic rings. The normalized spacial score (nSPS) is 10.6. The van der Waals surface area contributed by atoms with Crippen molar-refractivity contribution < 1.29 is 0 Å². The lowest BCUT2D eigenvalue weighted by Crippen LogP contribution is -1.90. The summed E-state index contributed by atoms with van der Waals surface area (Å²) in [7, 11) is 0. The molecule has 1 heterocycles. The third-order valence-corrected chi connectivity index (χ3v) is 2.93. The maximum atomic E-state index is 6.03. The van der Waals surface area contributed by atoms with Gasteiger partial charge in [-0.15, -0.1) is 0 Å². The van der Waals surface area contributed by atoms with Crippen LogP contribution in [-0.4, -0.2) is 4.98 Å². The van der Waals surface area contributed by atoms with Crippen LogP contribution in [0.2, 0.25) is 0 Å². The van der Waals surface area contributed by atoms with Crippen LogP contribution in [0.1, 0.15) is 0 Å². The van der Waals surface area contributed by atoms with Crippen LogP contribution in [0.15, 0.2) is 60.9 Å². The van der Waals surface area contributed by atoms with Gasteiger partial charge in [0.15, 0.2) is 0 Å². The fourth-order valence-corrected chi connectivity index (χ4v) is 2.10. The molecule has 2 N–H and O–H groups in total. The van der Waals surface area contributed by atoms with Gasteiger partial charge >= 0.3 is 0 Å². The van der Waals surface area contributed by atoms with Gasteiger partial charge in [-0.2, -0.15) is 0 Å². The largest absolute Gasteiger partial charge is 0.398 e. The van der Waals surface area contributed by atoms with Crippen LogP contribution >= 0.6 is 0 Å². The smallest absolute Gasteiger partial charge is 0.0393 e. The van der Waals surface area contributed by atoms with Gasteiger partial charge in [-0.05, 0) is 23.1 Å². The van der Waals surface area contributed by atoms with Crippen LogP contribution in [-0.2, 0) is 0 Å². The molecule has 0 unspecified atom stereocenters. The molecule has 0 amide bonds. The van der Waals surface area contributed by atoms with Gasteiger partial charge in [0.25, 0.3) is 0 Å². The lowest BCUT2D eigenvalue weighted by molar-refractivity contribution is 1.36. The molecule has 2 heteroatoms. The molecule has 0 aliphatic heterocycles. The predicted octanol–water partition coefficient (Wildman–Crippen LogP) is 3.48. The molecule has 3 rings (SSSR count). The van der Waals surface area contributed by atoms with Crippen molar-refractivity contribution in [2.24, 2.45) is 0 Å². The van der Waals surface area contributed by atoms with E-state index >= 15 is 0 Å². The second-order valence-electron chi connectivity index (χ2n) is 3.99. The van der Waals surface area contributed by atoms with Crippen molar-refractivity contribution in [2.75, 3.05) is 5.73 Å². The Morgan fingerprint density at radius 1 is 0.824 bits per heavy atom. The van der Waals surface area contributed by atoms with Crippen LogP contribution in [0.4, 0.5) is 5.69 Å². The van der Waals surface area contributed by atoms with Crippen LogP contribution in [0.5, 0.6) is 0 Å². The van der Waals surface area contributed by atoms with Gasteiger partial charge in [-0.25, -0.2) is 0 Å². The van der Waals surface area contributed by atoms with Crippen LogP contribution in [0.25, 0.3) is 21.9 Å². The molecule has 0 saturated carbocycles. The quantitative estimate of drug-likeness (QED) is 0.637. The summed E-state index contributed by atoms with van der Waals surface area (Å²) in [4.78, 5) is 4.14. The zero-order chi connectivity index (χ0) is 11.7. The van der Waals surface area contributed by atoms with Gasteiger partial charge in [0.2, 0.25) is 0 Å². The summed E-state index contributed by atoms with van der Waals surface area (Å²) in [6.07, 6.45) is 3.68. The molecule has 2 nitrogen and oxygen atoms in total. The predicted molar refractivity (Wildman–Crippen MR) is 71.6 cm³/mol. The molecule has 2 aromatic carbocycles. The summed E-state index contributed by atoms with van der Waals surface area (Å²) in [5.74, 6) is 0. The number of hydrogen-bond acceptors (Lipinski definition) is 2. The van der Waals surface area contributed by atoms with Crippen molar-refractivity contribution >= 4 is 16.5 Å². The van der Waals surface area contributed by atoms with Crippen LogP contribution in [0, 0.1) is 0 Å². The topological polar surface area (TPSA) is 38.9 Å². The van der Waals surface area contributed by atoms with Crippen molar-refractivity contribution in [3.8, 4) is 11.1 Å². The third kappa shape index (κ3) is 1.64. The van der Waals surface area contributed by atoms with Crippen molar-refractivity contribution in [1.29, 1.82) is 0 Å². The van der Waals surface area contributed by atoms with Gasteiger partial charge < -0.3 is 5.73 Å². The number of aromatic nitrogens is 1. The van der Waals surface area contributed by atoms with Crippen molar-refractivity contribution in [1.82, 2.24) is 4.98 Å². The highest BCUT2D eigenvalue weighted by Gasteiger charge is 2.05. The Morgan fingerprint density at radius 3 is 2.53 bits per heavy atom. The monoisotopic (exact) mass is 220 g/mol. The molecular formula is C15H12N2. The third-order valence-electron chi connectivity index (χ3n) is 2.93. The van der Waals surface area contributed by atoms with Crippen LogP contribution < -0.4 is 5.73 Å². The number of nitrogens with zero attached hydrogens (tertiary/aromatic N) is 1. The minimum absolute atomic E-state index is 0.803. The second-order valence-corrected chi connectivity index (χ2v) is 3.99. The van der Waals surface area contributed by atoms with Gasteiger partial charge in [-0.3, -0.25) is 4.98 Å². The minimum atomic E-state index is 0.803. The van der Waals surface area contributed by atoms with Gasteiger partial charge in [0, 0.05) is 29.0 Å². The van der Waals surface area contributed by atoms with E-state index in [0.717, 1.165) is 22.2 Å². The van der Waals surface area contributed by atoms with E-state index in [9.17, 15) is 0 Å². The maximum absolute atomic E-state index is 6.03. The first-order valence-electron chi connectivity index (χ1n) is 5.54. The number of rotatable bonds is 1. The number of fused-ring (bicyclic) bond motifs is 1. The number of benzene rings is 2. The zero-order valence-electron chi connectivity index (χ0n) is 9.30. The Hall–Kier alpha value is -2.35. The Bertz CT molecular complexity index is 669. The summed E-state index contributed by atoms with van der Waals surface area (Å²) < 4.78 is 0. The molecule has 0 saturated heterocycles. The molecule has 1 aromatic heterocycles. The molecule has 0 aliphatic rings. The number of para-hydroxylation sites is 1. The van der Waals surface area contributed by atoms with Crippen molar-refractivity contribution in [3.63, 3.8) is 0 Å². The average molecular weight is 220 g/mol. The lowest BCUT2D eigenvalue weighted by Gasteiger charge is -2.08. The molecule has 82 valence electrons. The van der Waals surface area contributed by atoms with E-state index in [-0.39, 0.29) is 0 Å². The van der Waals surface area contributed by atoms with Gasteiger partial charge in [0.05, 0.1) is 0 Å². The Morgan fingerprint density at radius 2 is 1.65 bits per heavy atom. The highest BCUT2D eigenvalue weighted by molar-refractivity contribution is 5.98. The Kier molecular flexibility index (Phi) is 2.26. The minimum Gasteiger partial charge on any atom is -0.398 e. The Balaban J connectivity index is 2.35. The molecule has 17 heavy (non-hydrogen) atoms. The van der Waals surface area contributed by atoms with Crippen molar-refractivity contribution in [3.05, 3.63) is 60.9 Å². The molecule has 0 radical (unpaired) electrons. The molecule has 0 aliphatic carbocycles. The summed E-state index contributed by atoms with van der Waals surface area (Å²) in [6.45, 7) is 0. The first-order chi connectivity index (χ1) is 8.36. The number of nitrogen functional groups attached to an aromatic ring is 1. The summed E-state index contributed by atoms with van der Waals surface area (Å²) in [5.41, 5.74) is 9.06. The Labute approximate surface area is 99.7 Å². The highest BCUT2D eigenvalue weighted by Crippen LogP contribution is 2.31. The molecule has 0 spiro atoms. The van der Waals surface area contributed by atoms with E-state index in [1.165, 1.54) is 5.39 Å². The number of nitrogens with two attached hydrogens (primary N) is 1. The van der Waals surface area contributed by atoms with Gasteiger partial charge in [0.1, 0.15) is 0 Å². The molecular weight excluding hydrogens is 208 g/mol. The van der Waals surface area contributed by atoms with E-state index in [0.29, 0.717) is 0 Å². The average Bonchev–Trinajstić information content (AvgIpc) is 2.39. The standard InChI is InChI=1S/C15H12N2/c16-15-7-2-1-5-14(15)13-6-3-4-11-10-17-9-8-12(11)13/h1-10H,16H2. The summed E-state index contributed by atoms with van der Waals surface area (Å²) in [6, 6.07) is 16.1. The van der Waals surface area contributed by atoms with E-state index < -0.39 is 0 Å².